The van der Waals surface area contributed by atoms with Crippen molar-refractivity contribution in [1.82, 2.24) is 15.5 Å². The quantitative estimate of drug-likeness (QED) is 0.263. The van der Waals surface area contributed by atoms with E-state index in [1.165, 1.54) is 12.5 Å². The van der Waals surface area contributed by atoms with Gasteiger partial charge in [0.25, 0.3) is 0 Å². The molecule has 3 unspecified atom stereocenters. The number of rotatable bonds is 6. The zero-order valence-electron chi connectivity index (χ0n) is 17.1. The largest absolute Gasteiger partial charge is 0.373 e. The summed E-state index contributed by atoms with van der Waals surface area (Å²) in [6.07, 6.45) is 5.33. The average Bonchev–Trinajstić information content (AvgIpc) is 3.34. The molecule has 0 amide bonds. The van der Waals surface area contributed by atoms with Gasteiger partial charge in [0.15, 0.2) is 5.96 Å². The highest BCUT2D eigenvalue weighted by Crippen LogP contribution is 2.34. The number of nitrogens with one attached hydrogen (secondary N) is 2. The van der Waals surface area contributed by atoms with Crippen molar-refractivity contribution in [3.63, 3.8) is 0 Å². The molecule has 2 N–H and O–H groups in total. The Morgan fingerprint density at radius 2 is 2.00 bits per heavy atom. The number of benzene rings is 1. The van der Waals surface area contributed by atoms with Crippen LogP contribution in [0, 0.1) is 5.82 Å². The molecular weight excluding hydrogens is 484 g/mol. The van der Waals surface area contributed by atoms with Gasteiger partial charge in [-0.3, -0.25) is 9.89 Å². The Hall–Kier alpha value is -1.13. The van der Waals surface area contributed by atoms with Gasteiger partial charge in [0, 0.05) is 39.8 Å². The lowest BCUT2D eigenvalue weighted by molar-refractivity contribution is 0.0992. The third kappa shape index (κ3) is 5.73. The third-order valence-electron chi connectivity index (χ3n) is 6.16. The van der Waals surface area contributed by atoms with Crippen LogP contribution >= 0.6 is 24.0 Å². The molecule has 3 aliphatic heterocycles. The molecule has 0 spiro atoms. The number of guanidine groups is 1. The highest BCUT2D eigenvalue weighted by atomic mass is 127. The third-order valence-corrected chi connectivity index (χ3v) is 6.16. The van der Waals surface area contributed by atoms with E-state index >= 15 is 0 Å². The minimum Gasteiger partial charge on any atom is -0.373 e. The molecule has 0 aliphatic carbocycles. The average molecular weight is 517 g/mol. The zero-order valence-corrected chi connectivity index (χ0v) is 19.5. The Bertz CT molecular complexity index is 683. The van der Waals surface area contributed by atoms with E-state index in [0.717, 1.165) is 70.2 Å². The SMILES string of the molecule is CN=C(NCCCN1CCN(c2ccccc2F)CC1)NC1CC2CCC1O2.I. The topological polar surface area (TPSA) is 52.1 Å². The molecular formula is C21H33FIN5O. The summed E-state index contributed by atoms with van der Waals surface area (Å²) in [4.78, 5) is 8.96. The van der Waals surface area contributed by atoms with Crippen LogP contribution < -0.4 is 15.5 Å². The van der Waals surface area contributed by atoms with Gasteiger partial charge in [-0.2, -0.15) is 0 Å². The van der Waals surface area contributed by atoms with Crippen LogP contribution in [0.2, 0.25) is 0 Å². The summed E-state index contributed by atoms with van der Waals surface area (Å²) in [5, 5.41) is 6.96. The Morgan fingerprint density at radius 1 is 1.21 bits per heavy atom. The number of hydrogen-bond acceptors (Lipinski definition) is 4. The van der Waals surface area contributed by atoms with Crippen molar-refractivity contribution in [2.75, 3.05) is 51.2 Å². The lowest BCUT2D eigenvalue weighted by Gasteiger charge is -2.36. The summed E-state index contributed by atoms with van der Waals surface area (Å²) in [5.74, 6) is 0.755. The molecule has 3 heterocycles. The first-order valence-electron chi connectivity index (χ1n) is 10.6. The van der Waals surface area contributed by atoms with Crippen LogP contribution in [0.15, 0.2) is 29.3 Å². The van der Waals surface area contributed by atoms with Gasteiger partial charge in [0.05, 0.1) is 23.9 Å². The Morgan fingerprint density at radius 3 is 2.66 bits per heavy atom. The molecule has 29 heavy (non-hydrogen) atoms. The van der Waals surface area contributed by atoms with Crippen LogP contribution in [0.25, 0.3) is 0 Å². The standard InChI is InChI=1S/C21H32FN5O.HI/c1-23-21(25-18-15-16-7-8-20(18)28-16)24-9-4-10-26-11-13-27(14-12-26)19-6-3-2-5-17(19)22;/h2-3,5-6,16,18,20H,4,7-15H2,1H3,(H2,23,24,25);1H. The van der Waals surface area contributed by atoms with Crippen LogP contribution in [0.5, 0.6) is 0 Å². The fourth-order valence-electron chi connectivity index (χ4n) is 4.59. The molecule has 3 saturated heterocycles. The molecule has 1 aromatic rings. The summed E-state index contributed by atoms with van der Waals surface area (Å²) >= 11 is 0. The molecule has 0 saturated carbocycles. The van der Waals surface area contributed by atoms with E-state index in [0.29, 0.717) is 18.2 Å². The van der Waals surface area contributed by atoms with E-state index in [9.17, 15) is 4.39 Å². The van der Waals surface area contributed by atoms with Crippen LogP contribution in [0.1, 0.15) is 25.7 Å². The Balaban J connectivity index is 0.00000240. The van der Waals surface area contributed by atoms with Crippen molar-refractivity contribution in [1.29, 1.82) is 0 Å². The molecule has 3 atom stereocenters. The van der Waals surface area contributed by atoms with Crippen LogP contribution in [0.3, 0.4) is 0 Å². The van der Waals surface area contributed by atoms with Crippen LogP contribution in [-0.4, -0.2) is 75.4 Å². The number of fused-ring (bicyclic) bond motifs is 2. The molecule has 162 valence electrons. The van der Waals surface area contributed by atoms with E-state index < -0.39 is 0 Å². The lowest BCUT2D eigenvalue weighted by Crippen LogP contribution is -2.49. The van der Waals surface area contributed by atoms with Crippen molar-refractivity contribution in [3.05, 3.63) is 30.1 Å². The van der Waals surface area contributed by atoms with Crippen molar-refractivity contribution in [2.45, 2.75) is 43.9 Å². The molecule has 4 rings (SSSR count). The van der Waals surface area contributed by atoms with Crippen molar-refractivity contribution in [2.24, 2.45) is 4.99 Å². The second kappa shape index (κ2) is 10.8. The fraction of sp³-hybridized carbons (Fsp3) is 0.667. The van der Waals surface area contributed by atoms with E-state index in [-0.39, 0.29) is 29.8 Å². The minimum absolute atomic E-state index is 0. The van der Waals surface area contributed by atoms with Gasteiger partial charge in [-0.1, -0.05) is 12.1 Å². The summed E-state index contributed by atoms with van der Waals surface area (Å²) in [6.45, 7) is 5.65. The predicted molar refractivity (Wildman–Crippen MR) is 126 cm³/mol. The van der Waals surface area contributed by atoms with Crippen LogP contribution in [0.4, 0.5) is 10.1 Å². The zero-order chi connectivity index (χ0) is 19.3. The number of ether oxygens (including phenoxy) is 1. The summed E-state index contributed by atoms with van der Waals surface area (Å²) < 4.78 is 19.8. The fourth-order valence-corrected chi connectivity index (χ4v) is 4.59. The van der Waals surface area contributed by atoms with Gasteiger partial charge in [0.2, 0.25) is 0 Å². The van der Waals surface area contributed by atoms with E-state index in [1.54, 1.807) is 6.07 Å². The van der Waals surface area contributed by atoms with Crippen molar-refractivity contribution < 1.29 is 9.13 Å². The maximum absolute atomic E-state index is 13.9. The maximum atomic E-state index is 13.9. The first-order chi connectivity index (χ1) is 13.7. The van der Waals surface area contributed by atoms with Gasteiger partial charge in [-0.15, -0.1) is 24.0 Å². The lowest BCUT2D eigenvalue weighted by atomic mass is 9.96. The number of halogens is 2. The number of hydrogen-bond donors (Lipinski definition) is 2. The predicted octanol–water partition coefficient (Wildman–Crippen LogP) is 2.44. The number of anilines is 1. The smallest absolute Gasteiger partial charge is 0.191 e. The van der Waals surface area contributed by atoms with Gasteiger partial charge < -0.3 is 20.3 Å². The number of nitrogens with zero attached hydrogens (tertiary/aromatic N) is 3. The Labute approximate surface area is 190 Å². The van der Waals surface area contributed by atoms with Crippen LogP contribution in [-0.2, 0) is 4.74 Å². The molecule has 3 aliphatic rings. The van der Waals surface area contributed by atoms with E-state index in [1.807, 2.05) is 19.2 Å². The second-order valence-electron chi connectivity index (χ2n) is 7.99. The molecule has 0 aromatic heterocycles. The summed E-state index contributed by atoms with van der Waals surface area (Å²) in [7, 11) is 1.82. The first kappa shape index (κ1) is 22.6. The molecule has 0 radical (unpaired) electrons. The minimum atomic E-state index is -0.125. The highest BCUT2D eigenvalue weighted by molar-refractivity contribution is 14.0. The number of piperazine rings is 1. The highest BCUT2D eigenvalue weighted by Gasteiger charge is 2.41. The van der Waals surface area contributed by atoms with Crippen molar-refractivity contribution in [3.8, 4) is 0 Å². The summed E-state index contributed by atoms with van der Waals surface area (Å²) in [5.41, 5.74) is 0.725. The second-order valence-corrected chi connectivity index (χ2v) is 7.99. The molecule has 8 heteroatoms. The Kier molecular flexibility index (Phi) is 8.37. The summed E-state index contributed by atoms with van der Waals surface area (Å²) in [6, 6.07) is 7.46. The molecule has 3 fully saturated rings. The van der Waals surface area contributed by atoms with E-state index in [4.69, 9.17) is 4.74 Å². The molecule has 1 aromatic carbocycles. The van der Waals surface area contributed by atoms with Gasteiger partial charge in [-0.05, 0) is 44.4 Å². The van der Waals surface area contributed by atoms with Gasteiger partial charge >= 0.3 is 0 Å². The monoisotopic (exact) mass is 517 g/mol. The first-order valence-corrected chi connectivity index (χ1v) is 10.6. The number of para-hydroxylation sites is 1. The normalized spacial score (nSPS) is 27.0. The van der Waals surface area contributed by atoms with Gasteiger partial charge in [0.1, 0.15) is 5.82 Å². The van der Waals surface area contributed by atoms with Gasteiger partial charge in [-0.25, -0.2) is 4.39 Å². The van der Waals surface area contributed by atoms with E-state index in [2.05, 4.69) is 25.4 Å². The molecule has 2 bridgehead atoms. The maximum Gasteiger partial charge on any atom is 0.191 e. The molecule has 6 nitrogen and oxygen atoms in total. The van der Waals surface area contributed by atoms with Crippen molar-refractivity contribution >= 4 is 35.6 Å². The number of aliphatic imine (C=N–C) groups is 1.